The van der Waals surface area contributed by atoms with Crippen LogP contribution in [0.1, 0.15) is 12.5 Å². The number of terminal acetylenes is 1. The van der Waals surface area contributed by atoms with Crippen molar-refractivity contribution in [2.24, 2.45) is 5.92 Å². The highest BCUT2D eigenvalue weighted by atomic mass is 16.5. The quantitative estimate of drug-likeness (QED) is 0.660. The zero-order valence-corrected chi connectivity index (χ0v) is 8.73. The lowest BCUT2D eigenvalue weighted by molar-refractivity contribution is 0.0776. The normalized spacial score (nSPS) is 14.4. The summed E-state index contributed by atoms with van der Waals surface area (Å²) in [5.74, 6) is 2.86. The predicted molar refractivity (Wildman–Crippen MR) is 58.9 cm³/mol. The molecule has 0 unspecified atom stereocenters. The van der Waals surface area contributed by atoms with Crippen LogP contribution in [0.3, 0.4) is 0 Å². The van der Waals surface area contributed by atoms with Crippen molar-refractivity contribution in [3.05, 3.63) is 35.9 Å². The maximum atomic E-state index is 5.37. The number of ether oxygens (including phenoxy) is 1. The van der Waals surface area contributed by atoms with Gasteiger partial charge in [-0.3, -0.25) is 0 Å². The standard InChI is InChI=1S/C13H16O/c1-4-11(2)13(14-3)10-12-8-6-5-7-9-12/h1,5-9,11,13H,10H2,2-3H3/t11-,13-/m0/s1. The Bertz CT molecular complexity index is 297. The number of methoxy groups -OCH3 is 1. The summed E-state index contributed by atoms with van der Waals surface area (Å²) in [5.41, 5.74) is 1.27. The summed E-state index contributed by atoms with van der Waals surface area (Å²) in [6, 6.07) is 10.3. The van der Waals surface area contributed by atoms with E-state index >= 15 is 0 Å². The minimum atomic E-state index is 0.113. The third kappa shape index (κ3) is 2.90. The molecular formula is C13H16O. The molecule has 74 valence electrons. The Morgan fingerprint density at radius 3 is 2.50 bits per heavy atom. The summed E-state index contributed by atoms with van der Waals surface area (Å²) in [6.07, 6.45) is 6.36. The van der Waals surface area contributed by atoms with Gasteiger partial charge in [0.1, 0.15) is 0 Å². The van der Waals surface area contributed by atoms with Gasteiger partial charge in [0, 0.05) is 13.0 Å². The summed E-state index contributed by atoms with van der Waals surface area (Å²) < 4.78 is 5.36. The van der Waals surface area contributed by atoms with Crippen molar-refractivity contribution in [3.63, 3.8) is 0 Å². The van der Waals surface area contributed by atoms with Crippen LogP contribution in [0.25, 0.3) is 0 Å². The molecule has 1 rings (SSSR count). The van der Waals surface area contributed by atoms with Gasteiger partial charge < -0.3 is 4.74 Å². The molecule has 0 aliphatic heterocycles. The van der Waals surface area contributed by atoms with Gasteiger partial charge in [0.15, 0.2) is 0 Å². The minimum Gasteiger partial charge on any atom is -0.380 e. The van der Waals surface area contributed by atoms with E-state index in [1.807, 2.05) is 25.1 Å². The zero-order valence-electron chi connectivity index (χ0n) is 8.73. The van der Waals surface area contributed by atoms with Crippen LogP contribution in [0.5, 0.6) is 0 Å². The maximum absolute atomic E-state index is 5.37. The van der Waals surface area contributed by atoms with Gasteiger partial charge in [-0.05, 0) is 18.9 Å². The number of hydrogen-bond acceptors (Lipinski definition) is 1. The smallest absolute Gasteiger partial charge is 0.0746 e. The Morgan fingerprint density at radius 1 is 1.36 bits per heavy atom. The van der Waals surface area contributed by atoms with Gasteiger partial charge in [-0.2, -0.15) is 0 Å². The largest absolute Gasteiger partial charge is 0.380 e. The molecule has 0 aliphatic rings. The first-order chi connectivity index (χ1) is 6.77. The first-order valence-corrected chi connectivity index (χ1v) is 4.80. The molecule has 1 nitrogen and oxygen atoms in total. The molecule has 0 heterocycles. The van der Waals surface area contributed by atoms with Crippen molar-refractivity contribution in [1.82, 2.24) is 0 Å². The summed E-state index contributed by atoms with van der Waals surface area (Å²) >= 11 is 0. The van der Waals surface area contributed by atoms with Crippen molar-refractivity contribution in [2.75, 3.05) is 7.11 Å². The van der Waals surface area contributed by atoms with E-state index in [9.17, 15) is 0 Å². The van der Waals surface area contributed by atoms with E-state index in [0.717, 1.165) is 6.42 Å². The van der Waals surface area contributed by atoms with Gasteiger partial charge in [-0.15, -0.1) is 12.3 Å². The van der Waals surface area contributed by atoms with Crippen LogP contribution in [-0.4, -0.2) is 13.2 Å². The SMILES string of the molecule is C#C[C@H](C)[C@H](Cc1ccccc1)OC. The van der Waals surface area contributed by atoms with Crippen molar-refractivity contribution < 1.29 is 4.74 Å². The summed E-state index contributed by atoms with van der Waals surface area (Å²) in [5, 5.41) is 0. The Kier molecular flexibility index (Phi) is 4.22. The number of hydrogen-bond donors (Lipinski definition) is 0. The van der Waals surface area contributed by atoms with Gasteiger partial charge in [0.05, 0.1) is 6.10 Å². The van der Waals surface area contributed by atoms with Crippen LogP contribution in [0.15, 0.2) is 30.3 Å². The molecule has 0 radical (unpaired) electrons. The fourth-order valence-electron chi connectivity index (χ4n) is 1.42. The lowest BCUT2D eigenvalue weighted by Crippen LogP contribution is -2.21. The minimum absolute atomic E-state index is 0.113. The van der Waals surface area contributed by atoms with Crippen LogP contribution in [0.2, 0.25) is 0 Å². The fraction of sp³-hybridized carbons (Fsp3) is 0.385. The third-order valence-electron chi connectivity index (χ3n) is 2.40. The van der Waals surface area contributed by atoms with Crippen LogP contribution < -0.4 is 0 Å². The van der Waals surface area contributed by atoms with Crippen LogP contribution in [0, 0.1) is 18.3 Å². The monoisotopic (exact) mass is 188 g/mol. The van der Waals surface area contributed by atoms with E-state index in [-0.39, 0.29) is 12.0 Å². The number of benzene rings is 1. The van der Waals surface area contributed by atoms with E-state index in [4.69, 9.17) is 11.2 Å². The van der Waals surface area contributed by atoms with Crippen LogP contribution in [0.4, 0.5) is 0 Å². The molecular weight excluding hydrogens is 172 g/mol. The average molecular weight is 188 g/mol. The Labute approximate surface area is 86.1 Å². The van der Waals surface area contributed by atoms with E-state index in [2.05, 4.69) is 18.1 Å². The van der Waals surface area contributed by atoms with Crippen molar-refractivity contribution >= 4 is 0 Å². The molecule has 0 aromatic heterocycles. The second-order valence-electron chi connectivity index (χ2n) is 3.42. The van der Waals surface area contributed by atoms with Gasteiger partial charge in [0.25, 0.3) is 0 Å². The summed E-state index contributed by atoms with van der Waals surface area (Å²) in [7, 11) is 1.71. The molecule has 1 heteroatoms. The average Bonchev–Trinajstić information content (AvgIpc) is 2.26. The van der Waals surface area contributed by atoms with E-state index in [1.165, 1.54) is 5.56 Å². The molecule has 0 N–H and O–H groups in total. The van der Waals surface area contributed by atoms with Crippen LogP contribution >= 0.6 is 0 Å². The highest BCUT2D eigenvalue weighted by Gasteiger charge is 2.14. The first-order valence-electron chi connectivity index (χ1n) is 4.80. The lowest BCUT2D eigenvalue weighted by Gasteiger charge is -2.18. The second kappa shape index (κ2) is 5.47. The second-order valence-corrected chi connectivity index (χ2v) is 3.42. The molecule has 0 saturated heterocycles. The van der Waals surface area contributed by atoms with Crippen molar-refractivity contribution in [2.45, 2.75) is 19.4 Å². The summed E-state index contributed by atoms with van der Waals surface area (Å²) in [6.45, 7) is 2.01. The number of rotatable bonds is 4. The molecule has 1 aromatic rings. The van der Waals surface area contributed by atoms with Crippen molar-refractivity contribution in [3.8, 4) is 12.3 Å². The van der Waals surface area contributed by atoms with Gasteiger partial charge in [-0.1, -0.05) is 30.3 Å². The third-order valence-corrected chi connectivity index (χ3v) is 2.40. The zero-order chi connectivity index (χ0) is 10.4. The van der Waals surface area contributed by atoms with Crippen LogP contribution in [-0.2, 0) is 11.2 Å². The van der Waals surface area contributed by atoms with Gasteiger partial charge in [-0.25, -0.2) is 0 Å². The van der Waals surface area contributed by atoms with E-state index < -0.39 is 0 Å². The fourth-order valence-corrected chi connectivity index (χ4v) is 1.42. The molecule has 2 atom stereocenters. The predicted octanol–water partition coefficient (Wildman–Crippen LogP) is 2.51. The maximum Gasteiger partial charge on any atom is 0.0746 e. The molecule has 0 aliphatic carbocycles. The Hall–Kier alpha value is -1.26. The van der Waals surface area contributed by atoms with Gasteiger partial charge >= 0.3 is 0 Å². The molecule has 14 heavy (non-hydrogen) atoms. The van der Waals surface area contributed by atoms with Crippen molar-refractivity contribution in [1.29, 1.82) is 0 Å². The molecule has 0 fully saturated rings. The molecule has 1 aromatic carbocycles. The summed E-state index contributed by atoms with van der Waals surface area (Å²) in [4.78, 5) is 0. The lowest BCUT2D eigenvalue weighted by atomic mass is 9.98. The molecule has 0 amide bonds. The van der Waals surface area contributed by atoms with E-state index in [0.29, 0.717) is 0 Å². The Morgan fingerprint density at radius 2 is 2.00 bits per heavy atom. The topological polar surface area (TPSA) is 9.23 Å². The highest BCUT2D eigenvalue weighted by Crippen LogP contribution is 2.12. The van der Waals surface area contributed by atoms with E-state index in [1.54, 1.807) is 7.11 Å². The first kappa shape index (κ1) is 10.8. The van der Waals surface area contributed by atoms with Gasteiger partial charge in [0.2, 0.25) is 0 Å². The molecule has 0 saturated carbocycles. The molecule has 0 spiro atoms. The highest BCUT2D eigenvalue weighted by molar-refractivity contribution is 5.16. The molecule has 0 bridgehead atoms. The Balaban J connectivity index is 2.63.